The summed E-state index contributed by atoms with van der Waals surface area (Å²) >= 11 is 0. The molecule has 0 bridgehead atoms. The highest BCUT2D eigenvalue weighted by atomic mass is 16.1. The van der Waals surface area contributed by atoms with Gasteiger partial charge in [0.05, 0.1) is 0 Å². The Balaban J connectivity index is 1.87. The SMILES string of the molecule is CNc1cc(NCCC(=O)NC2CC2)nc(C(C)C)n1. The molecule has 1 heterocycles. The summed E-state index contributed by atoms with van der Waals surface area (Å²) in [5, 5.41) is 9.18. The molecule has 6 nitrogen and oxygen atoms in total. The standard InChI is InChI=1S/C14H23N5O/c1-9(2)14-18-11(15-3)8-12(19-14)16-7-6-13(20)17-10-4-5-10/h8-10H,4-7H2,1-3H3,(H,17,20)(H2,15,16,18,19). The lowest BCUT2D eigenvalue weighted by molar-refractivity contribution is -0.120. The number of amides is 1. The summed E-state index contributed by atoms with van der Waals surface area (Å²) < 4.78 is 0. The highest BCUT2D eigenvalue weighted by Crippen LogP contribution is 2.19. The molecule has 0 aromatic carbocycles. The zero-order valence-electron chi connectivity index (χ0n) is 12.4. The van der Waals surface area contributed by atoms with Gasteiger partial charge in [0.15, 0.2) is 0 Å². The first-order valence-electron chi connectivity index (χ1n) is 7.18. The molecule has 0 spiro atoms. The van der Waals surface area contributed by atoms with Crippen molar-refractivity contribution in [3.8, 4) is 0 Å². The Morgan fingerprint density at radius 2 is 2.05 bits per heavy atom. The van der Waals surface area contributed by atoms with Crippen LogP contribution in [0.5, 0.6) is 0 Å². The van der Waals surface area contributed by atoms with Crippen molar-refractivity contribution in [3.05, 3.63) is 11.9 Å². The van der Waals surface area contributed by atoms with E-state index in [2.05, 4.69) is 39.8 Å². The molecule has 1 aliphatic carbocycles. The summed E-state index contributed by atoms with van der Waals surface area (Å²) in [6, 6.07) is 2.27. The quantitative estimate of drug-likeness (QED) is 0.707. The Morgan fingerprint density at radius 3 is 2.65 bits per heavy atom. The first-order valence-corrected chi connectivity index (χ1v) is 7.18. The van der Waals surface area contributed by atoms with Crippen molar-refractivity contribution in [3.63, 3.8) is 0 Å². The molecule has 1 aromatic heterocycles. The normalized spacial score (nSPS) is 14.2. The number of carbonyl (C=O) groups is 1. The van der Waals surface area contributed by atoms with Crippen LogP contribution < -0.4 is 16.0 Å². The fourth-order valence-corrected chi connectivity index (χ4v) is 1.77. The molecule has 0 atom stereocenters. The van der Waals surface area contributed by atoms with E-state index in [0.29, 0.717) is 19.0 Å². The monoisotopic (exact) mass is 277 g/mol. The molecule has 0 radical (unpaired) electrons. The lowest BCUT2D eigenvalue weighted by Gasteiger charge is -2.11. The van der Waals surface area contributed by atoms with Crippen LogP contribution in [0.4, 0.5) is 11.6 Å². The zero-order valence-corrected chi connectivity index (χ0v) is 12.4. The van der Waals surface area contributed by atoms with Crippen LogP contribution in [0.15, 0.2) is 6.07 Å². The highest BCUT2D eigenvalue weighted by molar-refractivity contribution is 5.77. The molecule has 1 aliphatic rings. The molecule has 1 amide bonds. The van der Waals surface area contributed by atoms with Gasteiger partial charge in [-0.3, -0.25) is 4.79 Å². The third-order valence-corrected chi connectivity index (χ3v) is 3.12. The second-order valence-electron chi connectivity index (χ2n) is 5.42. The molecule has 0 saturated heterocycles. The maximum Gasteiger partial charge on any atom is 0.221 e. The van der Waals surface area contributed by atoms with E-state index >= 15 is 0 Å². The van der Waals surface area contributed by atoms with Crippen molar-refractivity contribution < 1.29 is 4.79 Å². The van der Waals surface area contributed by atoms with Gasteiger partial charge in [0.2, 0.25) is 5.91 Å². The Kier molecular flexibility index (Phi) is 4.76. The van der Waals surface area contributed by atoms with Crippen LogP contribution in [-0.4, -0.2) is 35.5 Å². The number of aromatic nitrogens is 2. The lowest BCUT2D eigenvalue weighted by Crippen LogP contribution is -2.27. The first-order chi connectivity index (χ1) is 9.58. The van der Waals surface area contributed by atoms with Crippen molar-refractivity contribution >= 4 is 17.5 Å². The van der Waals surface area contributed by atoms with Gasteiger partial charge in [-0.25, -0.2) is 9.97 Å². The van der Waals surface area contributed by atoms with E-state index in [1.54, 1.807) is 0 Å². The van der Waals surface area contributed by atoms with E-state index in [0.717, 1.165) is 30.3 Å². The van der Waals surface area contributed by atoms with Crippen molar-refractivity contribution in [2.24, 2.45) is 0 Å². The molecule has 3 N–H and O–H groups in total. The predicted molar refractivity (Wildman–Crippen MR) is 79.9 cm³/mol. The zero-order chi connectivity index (χ0) is 14.5. The van der Waals surface area contributed by atoms with E-state index < -0.39 is 0 Å². The third-order valence-electron chi connectivity index (χ3n) is 3.12. The van der Waals surface area contributed by atoms with Crippen LogP contribution in [0, 0.1) is 0 Å². The topological polar surface area (TPSA) is 78.9 Å². The average molecular weight is 277 g/mol. The van der Waals surface area contributed by atoms with Gasteiger partial charge in [-0.1, -0.05) is 13.8 Å². The molecule has 1 fully saturated rings. The number of rotatable bonds is 7. The van der Waals surface area contributed by atoms with Gasteiger partial charge in [0.25, 0.3) is 0 Å². The van der Waals surface area contributed by atoms with E-state index in [9.17, 15) is 4.79 Å². The molecule has 1 saturated carbocycles. The molecular weight excluding hydrogens is 254 g/mol. The van der Waals surface area contributed by atoms with Crippen LogP contribution in [0.1, 0.15) is 44.9 Å². The molecule has 6 heteroatoms. The number of nitrogens with zero attached hydrogens (tertiary/aromatic N) is 2. The molecule has 20 heavy (non-hydrogen) atoms. The van der Waals surface area contributed by atoms with E-state index in [-0.39, 0.29) is 11.8 Å². The average Bonchev–Trinajstić information content (AvgIpc) is 3.22. The Bertz CT molecular complexity index is 471. The minimum absolute atomic E-state index is 0.104. The molecule has 0 aliphatic heterocycles. The van der Waals surface area contributed by atoms with Gasteiger partial charge in [-0.2, -0.15) is 0 Å². The van der Waals surface area contributed by atoms with Gasteiger partial charge in [0, 0.05) is 38.0 Å². The highest BCUT2D eigenvalue weighted by Gasteiger charge is 2.22. The Morgan fingerprint density at radius 1 is 1.35 bits per heavy atom. The lowest BCUT2D eigenvalue weighted by atomic mass is 10.2. The minimum atomic E-state index is 0.104. The Hall–Kier alpha value is -1.85. The van der Waals surface area contributed by atoms with Gasteiger partial charge >= 0.3 is 0 Å². The summed E-state index contributed by atoms with van der Waals surface area (Å²) in [5.41, 5.74) is 0. The molecule has 110 valence electrons. The van der Waals surface area contributed by atoms with Crippen LogP contribution >= 0.6 is 0 Å². The van der Waals surface area contributed by atoms with Gasteiger partial charge in [-0.05, 0) is 12.8 Å². The van der Waals surface area contributed by atoms with Crippen LogP contribution in [0.25, 0.3) is 0 Å². The second-order valence-corrected chi connectivity index (χ2v) is 5.42. The van der Waals surface area contributed by atoms with E-state index in [4.69, 9.17) is 0 Å². The van der Waals surface area contributed by atoms with Crippen LogP contribution in [-0.2, 0) is 4.79 Å². The summed E-state index contributed by atoms with van der Waals surface area (Å²) in [7, 11) is 1.83. The predicted octanol–water partition coefficient (Wildman–Crippen LogP) is 1.72. The third kappa shape index (κ3) is 4.36. The van der Waals surface area contributed by atoms with Gasteiger partial charge in [-0.15, -0.1) is 0 Å². The minimum Gasteiger partial charge on any atom is -0.373 e. The smallest absolute Gasteiger partial charge is 0.221 e. The summed E-state index contributed by atoms with van der Waals surface area (Å²) in [4.78, 5) is 20.4. The number of carbonyl (C=O) groups excluding carboxylic acids is 1. The van der Waals surface area contributed by atoms with Crippen molar-refractivity contribution in [2.75, 3.05) is 24.2 Å². The number of anilines is 2. The first kappa shape index (κ1) is 14.6. The number of hydrogen-bond acceptors (Lipinski definition) is 5. The van der Waals surface area contributed by atoms with E-state index in [1.807, 2.05) is 13.1 Å². The van der Waals surface area contributed by atoms with Crippen LogP contribution in [0.2, 0.25) is 0 Å². The summed E-state index contributed by atoms with van der Waals surface area (Å²) in [6.45, 7) is 4.69. The van der Waals surface area contributed by atoms with Gasteiger partial charge < -0.3 is 16.0 Å². The van der Waals surface area contributed by atoms with Crippen molar-refractivity contribution in [2.45, 2.75) is 45.1 Å². The number of nitrogens with one attached hydrogen (secondary N) is 3. The van der Waals surface area contributed by atoms with E-state index in [1.165, 1.54) is 0 Å². The summed E-state index contributed by atoms with van der Waals surface area (Å²) in [5.74, 6) is 2.71. The fourth-order valence-electron chi connectivity index (χ4n) is 1.77. The largest absolute Gasteiger partial charge is 0.373 e. The van der Waals surface area contributed by atoms with Crippen molar-refractivity contribution in [1.82, 2.24) is 15.3 Å². The van der Waals surface area contributed by atoms with Gasteiger partial charge in [0.1, 0.15) is 17.5 Å². The maximum atomic E-state index is 11.6. The molecule has 0 unspecified atom stereocenters. The maximum absolute atomic E-state index is 11.6. The second kappa shape index (κ2) is 6.54. The fraction of sp³-hybridized carbons (Fsp3) is 0.643. The van der Waals surface area contributed by atoms with Crippen LogP contribution in [0.3, 0.4) is 0 Å². The summed E-state index contributed by atoms with van der Waals surface area (Å²) in [6.07, 6.45) is 2.70. The Labute approximate surface area is 119 Å². The molecule has 1 aromatic rings. The van der Waals surface area contributed by atoms with Crippen molar-refractivity contribution in [1.29, 1.82) is 0 Å². The molecule has 2 rings (SSSR count). The number of hydrogen-bond donors (Lipinski definition) is 3. The molecular formula is C14H23N5O.